The van der Waals surface area contributed by atoms with Crippen LogP contribution < -0.4 is 48.2 Å². The van der Waals surface area contributed by atoms with Gasteiger partial charge in [-0.25, -0.2) is 60.0 Å². The molecular weight excluding hydrogens is 1860 g/mol. The van der Waals surface area contributed by atoms with Crippen LogP contribution in [0.3, 0.4) is 0 Å². The number of anilines is 2. The van der Waals surface area contributed by atoms with E-state index in [0.717, 1.165) is 11.2 Å². The Labute approximate surface area is 709 Å². The van der Waals surface area contributed by atoms with E-state index < -0.39 is 75.1 Å². The van der Waals surface area contributed by atoms with Crippen molar-refractivity contribution < 1.29 is 62.3 Å². The molecule has 0 aliphatic carbocycles. The number of aromatic nitrogens is 8. The van der Waals surface area contributed by atoms with Crippen LogP contribution in [0.5, 0.6) is 5.75 Å². The summed E-state index contributed by atoms with van der Waals surface area (Å²) in [6.07, 6.45) is 3.38. The Morgan fingerprint density at radius 1 is 0.483 bits per heavy atom. The second-order valence-corrected chi connectivity index (χ2v) is 30.0. The van der Waals surface area contributed by atoms with Gasteiger partial charge in [0.1, 0.15) is 178 Å². The molecule has 18 rings (SSSR count). The molecule has 9 aromatic heterocycles. The van der Waals surface area contributed by atoms with E-state index >= 15 is 0 Å². The van der Waals surface area contributed by atoms with Gasteiger partial charge in [-0.05, 0) is 203 Å². The third-order valence-electron chi connectivity index (χ3n) is 19.4. The number of benzene rings is 8. The fourth-order valence-corrected chi connectivity index (χ4v) is 15.9. The molecule has 3 atom stereocenters. The highest BCUT2D eigenvalue weighted by atomic mass is 127. The number of aryl methyl sites for hydroxylation is 2. The number of fused-ring (bicyclic) bond motifs is 7. The smallest absolute Gasteiger partial charge is 0.210 e. The van der Waals surface area contributed by atoms with Gasteiger partial charge in [-0.1, -0.05) is 73.7 Å². The number of nitrogen functional groups attached to an aromatic ring is 1. The summed E-state index contributed by atoms with van der Waals surface area (Å²) in [5.74, 6) is -0.867. The topological polar surface area (TPSA) is 312 Å². The van der Waals surface area contributed by atoms with E-state index in [4.69, 9.17) is 48.1 Å². The summed E-state index contributed by atoms with van der Waals surface area (Å²) in [6.45, 7) is 11.4. The number of methoxy groups -OCH3 is 1. The molecule has 0 saturated carbocycles. The minimum atomic E-state index is -0.715. The monoisotopic (exact) mass is 1920 g/mol. The molecule has 120 heavy (non-hydrogen) atoms. The summed E-state index contributed by atoms with van der Waals surface area (Å²) in [5.41, 5.74) is 12.9. The molecule has 1 saturated heterocycles. The number of ether oxygens (including phenoxy) is 2. The Morgan fingerprint density at radius 3 is 1.32 bits per heavy atom. The van der Waals surface area contributed by atoms with Crippen LogP contribution in [-0.2, 0) is 11.2 Å². The Kier molecular flexibility index (Phi) is 25.0. The Morgan fingerprint density at radius 2 is 0.875 bits per heavy atom. The summed E-state index contributed by atoms with van der Waals surface area (Å²) >= 11 is 7.29. The lowest BCUT2D eigenvalue weighted by atomic mass is 9.99. The first-order chi connectivity index (χ1) is 57.7. The standard InChI is InChI=1S/C26H20F2IN5O3.C22H14F2IN5O2.C17H13F2NO2.C11H8BrFO2.C11H10O3/c1-14(34-26-21(24(29)32-34)25(30-13-31-26)33-8-10-36-11-9-33)23-19(15-4-2-5-16(27)12-15)22(35)20-17(28)6-3-7-18(20)37-23;1-10(30-22-17(20(25)29-30)21(26)27-9-28-22)19-15(11-4-2-5-12(23)8-11)18(31)16-13(24)6-3-7-14(16)32-19;1-9(20)17-14(10-4-2-5-11(18)8-10)16(21)15-12(19)6-3-7-13(15)22-17;1-2-7-10(12)11(14)9-6(13)4-3-5-8(9)15-7;1-7-6-8(12)11-9(13-2)4-3-5-10(11)14-7/h2-7,12-14H,8-11H2,1H3;2-10H,1H3,(H2,26,27,28);2-9H,20H2,1H3;3-5H,2H2,1H3;3-6H,1-2H3. The maximum absolute atomic E-state index is 14.7. The van der Waals surface area contributed by atoms with Crippen LogP contribution in [0.2, 0.25) is 0 Å². The summed E-state index contributed by atoms with van der Waals surface area (Å²) in [7, 11) is 1.54. The lowest BCUT2D eigenvalue weighted by Crippen LogP contribution is -2.37. The molecular formula is C87H65BrF7I2N11O12. The summed E-state index contributed by atoms with van der Waals surface area (Å²) < 4.78 is 142. The van der Waals surface area contributed by atoms with Gasteiger partial charge in [-0.3, -0.25) is 24.0 Å². The molecule has 1 aliphatic heterocycles. The molecule has 33 heteroatoms. The molecule has 8 aromatic carbocycles. The summed E-state index contributed by atoms with van der Waals surface area (Å²) in [6, 6.07) is 38.3. The lowest BCUT2D eigenvalue weighted by molar-refractivity contribution is 0.122. The highest BCUT2D eigenvalue weighted by molar-refractivity contribution is 14.1. The predicted octanol–water partition coefficient (Wildman–Crippen LogP) is 18.7. The molecule has 23 nitrogen and oxygen atoms in total. The van der Waals surface area contributed by atoms with Gasteiger partial charge < -0.3 is 47.9 Å². The van der Waals surface area contributed by atoms with E-state index in [1.165, 1.54) is 147 Å². The second-order valence-electron chi connectivity index (χ2n) is 27.1. The third-order valence-corrected chi connectivity index (χ3v) is 21.7. The van der Waals surface area contributed by atoms with Gasteiger partial charge in [-0.15, -0.1) is 0 Å². The van der Waals surface area contributed by atoms with Crippen molar-refractivity contribution in [3.8, 4) is 39.1 Å². The highest BCUT2D eigenvalue weighted by Gasteiger charge is 2.32. The zero-order valence-corrected chi connectivity index (χ0v) is 69.8. The first kappa shape index (κ1) is 84.1. The normalized spacial score (nSPS) is 12.8. The van der Waals surface area contributed by atoms with Crippen LogP contribution in [-0.4, -0.2) is 72.9 Å². The molecule has 0 spiro atoms. The van der Waals surface area contributed by atoms with Crippen molar-refractivity contribution in [1.29, 1.82) is 0 Å². The molecule has 0 amide bonds. The van der Waals surface area contributed by atoms with Gasteiger partial charge in [0.2, 0.25) is 21.7 Å². The number of morpholine rings is 1. The first-order valence-corrected chi connectivity index (χ1v) is 39.7. The Hall–Kier alpha value is -12.3. The van der Waals surface area contributed by atoms with Gasteiger partial charge in [0, 0.05) is 25.6 Å². The van der Waals surface area contributed by atoms with Crippen LogP contribution in [0.1, 0.15) is 74.6 Å². The maximum Gasteiger partial charge on any atom is 0.210 e. The number of rotatable bonds is 11. The Balaban J connectivity index is 0.000000129. The van der Waals surface area contributed by atoms with E-state index in [1.54, 1.807) is 72.6 Å². The molecule has 1 aliphatic rings. The van der Waals surface area contributed by atoms with Crippen molar-refractivity contribution in [2.75, 3.05) is 44.0 Å². The second kappa shape index (κ2) is 35.7. The van der Waals surface area contributed by atoms with E-state index in [0.29, 0.717) is 101 Å². The van der Waals surface area contributed by atoms with Crippen molar-refractivity contribution in [2.45, 2.75) is 59.2 Å². The van der Waals surface area contributed by atoms with Crippen LogP contribution in [0.15, 0.2) is 233 Å². The van der Waals surface area contributed by atoms with Crippen molar-refractivity contribution >= 4 is 150 Å². The third kappa shape index (κ3) is 16.7. The molecule has 17 aromatic rings. The average molecular weight is 1920 g/mol. The lowest BCUT2D eigenvalue weighted by Gasteiger charge is -2.28. The van der Waals surface area contributed by atoms with Crippen LogP contribution in [0, 0.1) is 55.0 Å². The molecule has 0 bridgehead atoms. The largest absolute Gasteiger partial charge is 0.496 e. The molecule has 10 heterocycles. The van der Waals surface area contributed by atoms with E-state index in [9.17, 15) is 54.7 Å². The minimum Gasteiger partial charge on any atom is -0.496 e. The molecule has 4 N–H and O–H groups in total. The zero-order chi connectivity index (χ0) is 85.2. The molecule has 0 radical (unpaired) electrons. The fraction of sp³-hybridized carbons (Fsp3) is 0.161. The predicted molar refractivity (Wildman–Crippen MR) is 461 cm³/mol. The van der Waals surface area contributed by atoms with Gasteiger partial charge >= 0.3 is 0 Å². The summed E-state index contributed by atoms with van der Waals surface area (Å²) in [4.78, 5) is 82.7. The highest BCUT2D eigenvalue weighted by Crippen LogP contribution is 2.39. The van der Waals surface area contributed by atoms with Crippen molar-refractivity contribution in [3.05, 3.63) is 315 Å². The quantitative estimate of drug-likeness (QED) is 0.0897. The molecule has 1 fully saturated rings. The van der Waals surface area contributed by atoms with Crippen LogP contribution in [0.25, 0.3) is 110 Å². The van der Waals surface area contributed by atoms with Gasteiger partial charge in [-0.2, -0.15) is 10.2 Å². The first-order valence-electron chi connectivity index (χ1n) is 36.8. The van der Waals surface area contributed by atoms with Gasteiger partial charge in [0.15, 0.2) is 16.7 Å². The molecule has 3 unspecified atom stereocenters. The average Bonchev–Trinajstić information content (AvgIpc) is 1.50. The van der Waals surface area contributed by atoms with E-state index in [-0.39, 0.29) is 100 Å². The van der Waals surface area contributed by atoms with Crippen molar-refractivity contribution in [2.24, 2.45) is 5.73 Å². The maximum atomic E-state index is 14.7. The number of nitrogens with zero attached hydrogens (tertiary/aromatic N) is 9. The van der Waals surface area contributed by atoms with Gasteiger partial charge in [0.25, 0.3) is 0 Å². The Bertz CT molecular complexity index is 7200. The number of hydrogen-bond acceptors (Lipinski definition) is 21. The minimum absolute atomic E-state index is 0.00146. The summed E-state index contributed by atoms with van der Waals surface area (Å²) in [5, 5.41) is 10.6. The van der Waals surface area contributed by atoms with E-state index in [2.05, 4.69) is 68.5 Å². The fourth-order valence-electron chi connectivity index (χ4n) is 13.9. The number of halogens is 10. The van der Waals surface area contributed by atoms with Gasteiger partial charge in [0.05, 0.1) is 53.8 Å². The van der Waals surface area contributed by atoms with Crippen molar-refractivity contribution in [1.82, 2.24) is 39.5 Å². The SMILES string of the molecule is CC(N)c1oc2cccc(F)c2c(=O)c1-c1cccc(F)c1.CC(c1oc2cccc(F)c2c(=O)c1-c1cccc(F)c1)n1nc(I)c2c(N)ncnc21.CC(c1oc2cccc(F)c2c(=O)c1-c1cccc(F)c1)n1nc(I)c2c(N3CCOCC3)ncnc21.CCc1oc2cccc(F)c2c(=O)c1Br.COc1cccc2oc(C)cc(=O)c12. The number of nitrogens with two attached hydrogens (primary N) is 2. The van der Waals surface area contributed by atoms with E-state index in [1.807, 2.05) is 36.4 Å². The molecule has 610 valence electrons. The van der Waals surface area contributed by atoms with Crippen molar-refractivity contribution in [3.63, 3.8) is 0 Å². The van der Waals surface area contributed by atoms with Crippen LogP contribution in [0.4, 0.5) is 42.4 Å². The zero-order valence-electron chi connectivity index (χ0n) is 63.9. The van der Waals surface area contributed by atoms with Crippen LogP contribution >= 0.6 is 61.1 Å². The number of hydrogen-bond donors (Lipinski definition) is 2.